The Labute approximate surface area is 122 Å². The van der Waals surface area contributed by atoms with Crippen molar-refractivity contribution in [3.8, 4) is 0 Å². The van der Waals surface area contributed by atoms with Gasteiger partial charge in [-0.2, -0.15) is 0 Å². The Kier molecular flexibility index (Phi) is 10.3. The zero-order valence-corrected chi connectivity index (χ0v) is 13.6. The number of rotatable bonds is 10. The molecular formula is C15H30BrNO. The molecule has 0 aromatic carbocycles. The zero-order chi connectivity index (χ0) is 13.1. The van der Waals surface area contributed by atoms with Gasteiger partial charge in [0.1, 0.15) is 0 Å². The molecule has 0 aromatic rings. The van der Waals surface area contributed by atoms with Crippen molar-refractivity contribution in [2.75, 3.05) is 32.1 Å². The molecule has 0 aliphatic carbocycles. The number of unbranched alkanes of at least 4 members (excludes halogenated alkanes) is 6. The van der Waals surface area contributed by atoms with Gasteiger partial charge in [-0.1, -0.05) is 48.0 Å². The number of hydrogen-bond donors (Lipinski definition) is 0. The van der Waals surface area contributed by atoms with Gasteiger partial charge in [-0.3, -0.25) is 0 Å². The van der Waals surface area contributed by atoms with Gasteiger partial charge in [-0.05, 0) is 32.2 Å². The molecule has 1 heterocycles. The van der Waals surface area contributed by atoms with Gasteiger partial charge in [-0.25, -0.2) is 0 Å². The van der Waals surface area contributed by atoms with Gasteiger partial charge >= 0.3 is 0 Å². The number of nitrogens with zero attached hydrogens (tertiary/aromatic N) is 1. The van der Waals surface area contributed by atoms with Crippen LogP contribution in [-0.2, 0) is 4.74 Å². The molecule has 1 rings (SSSR count). The van der Waals surface area contributed by atoms with Crippen molar-refractivity contribution in [3.63, 3.8) is 0 Å². The van der Waals surface area contributed by atoms with Gasteiger partial charge in [0.05, 0.1) is 6.10 Å². The minimum Gasteiger partial charge on any atom is -0.381 e. The highest BCUT2D eigenvalue weighted by Gasteiger charge is 2.17. The first-order valence-electron chi connectivity index (χ1n) is 7.68. The summed E-state index contributed by atoms with van der Waals surface area (Å²) >= 11 is 3.48. The topological polar surface area (TPSA) is 12.5 Å². The Morgan fingerprint density at radius 3 is 2.06 bits per heavy atom. The van der Waals surface area contributed by atoms with Crippen molar-refractivity contribution in [1.82, 2.24) is 4.90 Å². The van der Waals surface area contributed by atoms with Crippen molar-refractivity contribution in [2.24, 2.45) is 0 Å². The third kappa shape index (κ3) is 7.75. The lowest BCUT2D eigenvalue weighted by Gasteiger charge is -2.31. The number of hydrogen-bond acceptors (Lipinski definition) is 2. The molecule has 0 atom stereocenters. The van der Waals surface area contributed by atoms with E-state index in [0.717, 1.165) is 0 Å². The van der Waals surface area contributed by atoms with Crippen LogP contribution in [0, 0.1) is 0 Å². The van der Waals surface area contributed by atoms with Crippen LogP contribution >= 0.6 is 15.9 Å². The van der Waals surface area contributed by atoms with Gasteiger partial charge in [0.25, 0.3) is 0 Å². The van der Waals surface area contributed by atoms with Crippen molar-refractivity contribution >= 4 is 15.9 Å². The van der Waals surface area contributed by atoms with E-state index < -0.39 is 0 Å². The standard InChI is InChI=1S/C15H30BrNO/c1-18-15-9-13-17(14-10-15)12-8-6-4-2-3-5-7-11-16/h15H,2-14H2,1H3. The van der Waals surface area contributed by atoms with Gasteiger partial charge in [0.15, 0.2) is 0 Å². The van der Waals surface area contributed by atoms with E-state index in [1.807, 2.05) is 7.11 Å². The van der Waals surface area contributed by atoms with E-state index in [2.05, 4.69) is 20.8 Å². The summed E-state index contributed by atoms with van der Waals surface area (Å²) in [5.74, 6) is 0. The van der Waals surface area contributed by atoms with Crippen LogP contribution in [0.3, 0.4) is 0 Å². The molecule has 108 valence electrons. The molecule has 0 unspecified atom stereocenters. The smallest absolute Gasteiger partial charge is 0.0595 e. The second-order valence-electron chi connectivity index (χ2n) is 5.44. The Bertz CT molecular complexity index is 181. The lowest BCUT2D eigenvalue weighted by molar-refractivity contribution is 0.0407. The number of ether oxygens (including phenoxy) is 1. The van der Waals surface area contributed by atoms with Crippen molar-refractivity contribution in [1.29, 1.82) is 0 Å². The normalized spacial score (nSPS) is 18.3. The van der Waals surface area contributed by atoms with E-state index in [9.17, 15) is 0 Å². The molecule has 1 fully saturated rings. The van der Waals surface area contributed by atoms with Crippen LogP contribution < -0.4 is 0 Å². The Balaban J connectivity index is 1.84. The van der Waals surface area contributed by atoms with Gasteiger partial charge in [0.2, 0.25) is 0 Å². The van der Waals surface area contributed by atoms with E-state index in [0.29, 0.717) is 6.10 Å². The van der Waals surface area contributed by atoms with Gasteiger partial charge in [0, 0.05) is 25.5 Å². The monoisotopic (exact) mass is 319 g/mol. The number of methoxy groups -OCH3 is 1. The molecule has 0 aromatic heterocycles. The van der Waals surface area contributed by atoms with Gasteiger partial charge in [-0.15, -0.1) is 0 Å². The maximum atomic E-state index is 5.40. The van der Waals surface area contributed by atoms with Crippen LogP contribution in [0.5, 0.6) is 0 Å². The SMILES string of the molecule is COC1CCN(CCCCCCCCCBr)CC1. The Hall–Kier alpha value is 0.400. The lowest BCUT2D eigenvalue weighted by Crippen LogP contribution is -2.37. The highest BCUT2D eigenvalue weighted by atomic mass is 79.9. The highest BCUT2D eigenvalue weighted by Crippen LogP contribution is 2.14. The van der Waals surface area contributed by atoms with E-state index in [4.69, 9.17) is 4.74 Å². The summed E-state index contributed by atoms with van der Waals surface area (Å²) in [7, 11) is 1.84. The largest absolute Gasteiger partial charge is 0.381 e. The number of likely N-dealkylation sites (tertiary alicyclic amines) is 1. The predicted molar refractivity (Wildman–Crippen MR) is 82.6 cm³/mol. The summed E-state index contributed by atoms with van der Waals surface area (Å²) < 4.78 is 5.40. The van der Waals surface area contributed by atoms with Crippen molar-refractivity contribution in [3.05, 3.63) is 0 Å². The zero-order valence-electron chi connectivity index (χ0n) is 12.0. The van der Waals surface area contributed by atoms with Crippen LogP contribution in [0.4, 0.5) is 0 Å². The highest BCUT2D eigenvalue weighted by molar-refractivity contribution is 9.09. The van der Waals surface area contributed by atoms with Crippen molar-refractivity contribution in [2.45, 2.75) is 63.9 Å². The second kappa shape index (κ2) is 11.2. The number of alkyl halides is 1. The molecule has 0 N–H and O–H groups in total. The molecule has 0 bridgehead atoms. The van der Waals surface area contributed by atoms with Crippen LogP contribution in [0.25, 0.3) is 0 Å². The summed E-state index contributed by atoms with van der Waals surface area (Å²) in [6.45, 7) is 3.78. The summed E-state index contributed by atoms with van der Waals surface area (Å²) in [5, 5.41) is 1.17. The van der Waals surface area contributed by atoms with Crippen LogP contribution in [0.1, 0.15) is 57.8 Å². The van der Waals surface area contributed by atoms with E-state index in [1.54, 1.807) is 0 Å². The molecule has 1 saturated heterocycles. The van der Waals surface area contributed by atoms with E-state index in [-0.39, 0.29) is 0 Å². The van der Waals surface area contributed by atoms with Gasteiger partial charge < -0.3 is 9.64 Å². The fourth-order valence-electron chi connectivity index (χ4n) is 2.68. The molecule has 0 radical (unpaired) electrons. The molecule has 1 aliphatic heterocycles. The first kappa shape index (κ1) is 16.5. The quantitative estimate of drug-likeness (QED) is 0.441. The first-order valence-corrected chi connectivity index (χ1v) is 8.80. The molecule has 3 heteroatoms. The predicted octanol–water partition coefficient (Wildman–Crippen LogP) is 4.22. The van der Waals surface area contributed by atoms with Crippen molar-refractivity contribution < 1.29 is 4.74 Å². The fourth-order valence-corrected chi connectivity index (χ4v) is 3.08. The first-order chi connectivity index (χ1) is 8.86. The molecule has 0 amide bonds. The van der Waals surface area contributed by atoms with Crippen LogP contribution in [-0.4, -0.2) is 43.1 Å². The summed E-state index contributed by atoms with van der Waals surface area (Å²) in [6, 6.07) is 0. The summed E-state index contributed by atoms with van der Waals surface area (Å²) in [5.41, 5.74) is 0. The van der Waals surface area contributed by atoms with E-state index >= 15 is 0 Å². The molecular weight excluding hydrogens is 290 g/mol. The molecule has 18 heavy (non-hydrogen) atoms. The average Bonchev–Trinajstić information content (AvgIpc) is 2.42. The molecule has 2 nitrogen and oxygen atoms in total. The molecule has 0 saturated carbocycles. The average molecular weight is 320 g/mol. The third-order valence-electron chi connectivity index (χ3n) is 3.98. The van der Waals surface area contributed by atoms with E-state index in [1.165, 1.54) is 82.8 Å². The van der Waals surface area contributed by atoms with Crippen LogP contribution in [0.15, 0.2) is 0 Å². The Morgan fingerprint density at radius 1 is 0.944 bits per heavy atom. The summed E-state index contributed by atoms with van der Waals surface area (Å²) in [6.07, 6.45) is 12.8. The minimum atomic E-state index is 0.524. The molecule has 1 aliphatic rings. The second-order valence-corrected chi connectivity index (χ2v) is 6.23. The Morgan fingerprint density at radius 2 is 1.50 bits per heavy atom. The third-order valence-corrected chi connectivity index (χ3v) is 4.54. The number of halogens is 1. The minimum absolute atomic E-state index is 0.524. The lowest BCUT2D eigenvalue weighted by atomic mass is 10.1. The number of piperidine rings is 1. The summed E-state index contributed by atoms with van der Waals surface area (Å²) in [4.78, 5) is 2.61. The maximum Gasteiger partial charge on any atom is 0.0595 e. The van der Waals surface area contributed by atoms with Crippen LogP contribution in [0.2, 0.25) is 0 Å². The maximum absolute atomic E-state index is 5.40. The fraction of sp³-hybridized carbons (Fsp3) is 1.00. The molecule has 0 spiro atoms.